The van der Waals surface area contributed by atoms with E-state index < -0.39 is 5.78 Å². The van der Waals surface area contributed by atoms with Crippen LogP contribution < -0.4 is 19.7 Å². The Labute approximate surface area is 259 Å². The first kappa shape index (κ1) is 30.3. The van der Waals surface area contributed by atoms with Crippen LogP contribution in [0.5, 0.6) is 11.5 Å². The van der Waals surface area contributed by atoms with Crippen LogP contribution in [0.4, 0.5) is 11.4 Å². The summed E-state index contributed by atoms with van der Waals surface area (Å²) in [6.07, 6.45) is 3.07. The maximum absolute atomic E-state index is 13.5. The molecule has 0 bridgehead atoms. The number of furan rings is 1. The van der Waals surface area contributed by atoms with Crippen molar-refractivity contribution in [1.82, 2.24) is 14.9 Å². The summed E-state index contributed by atoms with van der Waals surface area (Å²) < 4.78 is 16.3. The van der Waals surface area contributed by atoms with Crippen molar-refractivity contribution in [1.29, 1.82) is 0 Å². The average Bonchev–Trinajstić information content (AvgIpc) is 3.45. The topological polar surface area (TPSA) is 110 Å². The minimum Gasteiger partial charge on any atom is -0.495 e. The molecule has 1 N–H and O–H groups in total. The van der Waals surface area contributed by atoms with Gasteiger partial charge < -0.3 is 29.0 Å². The molecule has 1 aliphatic rings. The van der Waals surface area contributed by atoms with Crippen LogP contribution in [0.15, 0.2) is 53.6 Å². The predicted octanol–water partition coefficient (Wildman–Crippen LogP) is 5.64. The largest absolute Gasteiger partial charge is 0.495 e. The summed E-state index contributed by atoms with van der Waals surface area (Å²) in [7, 11) is 2.85. The van der Waals surface area contributed by atoms with E-state index in [1.165, 1.54) is 38.6 Å². The lowest BCUT2D eigenvalue weighted by atomic mass is 10.1. The molecule has 1 saturated heterocycles. The van der Waals surface area contributed by atoms with Crippen LogP contribution in [-0.4, -0.2) is 73.5 Å². The highest BCUT2D eigenvalue weighted by Crippen LogP contribution is 2.41. The molecule has 1 fully saturated rings. The summed E-state index contributed by atoms with van der Waals surface area (Å²) in [6, 6.07) is 9.01. The van der Waals surface area contributed by atoms with Crippen molar-refractivity contribution in [3.05, 3.63) is 81.9 Å². The first-order valence-electron chi connectivity index (χ1n) is 13.7. The number of carbonyl (C=O) groups is 2. The highest BCUT2D eigenvalue weighted by atomic mass is 35.5. The van der Waals surface area contributed by atoms with Crippen molar-refractivity contribution in [2.24, 2.45) is 0 Å². The van der Waals surface area contributed by atoms with E-state index in [4.69, 9.17) is 37.1 Å². The highest BCUT2D eigenvalue weighted by Gasteiger charge is 2.27. The van der Waals surface area contributed by atoms with E-state index in [1.54, 1.807) is 0 Å². The molecule has 2 aromatic carbocycles. The molecular weight excluding hydrogens is 593 g/mol. The summed E-state index contributed by atoms with van der Waals surface area (Å²) in [6.45, 7) is 10.6. The van der Waals surface area contributed by atoms with E-state index >= 15 is 0 Å². The molecule has 0 atom stereocenters. The number of halogens is 2. The van der Waals surface area contributed by atoms with Gasteiger partial charge in [0, 0.05) is 56.1 Å². The molecule has 0 radical (unpaired) electrons. The van der Waals surface area contributed by atoms with Gasteiger partial charge in [0.25, 0.3) is 0 Å². The standard InChI is InChI=1S/C31H31Cl2N5O5/c1-5-27(39)36-20-14-19(38-11-9-37(6-2)10-12-38)8-7-18(20)13-26-34-17-25-21(35-26)15-24(43-25)31(40)28-29(32)22(41-3)16-23(42-4)30(28)33/h5,7-8,14-17H,1,6,9-13H2,2-4H3,(H,36,39). The second kappa shape index (κ2) is 13.0. The van der Waals surface area contributed by atoms with E-state index in [0.29, 0.717) is 29.0 Å². The van der Waals surface area contributed by atoms with Gasteiger partial charge in [-0.25, -0.2) is 9.97 Å². The number of ketones is 1. The zero-order chi connectivity index (χ0) is 30.7. The second-order valence-electron chi connectivity index (χ2n) is 9.89. The van der Waals surface area contributed by atoms with Crippen LogP contribution in [0.2, 0.25) is 10.0 Å². The normalized spacial score (nSPS) is 13.7. The Hall–Kier alpha value is -4.12. The fourth-order valence-electron chi connectivity index (χ4n) is 4.99. The van der Waals surface area contributed by atoms with Crippen molar-refractivity contribution in [2.45, 2.75) is 13.3 Å². The fraction of sp³-hybridized carbons (Fsp3) is 0.290. The van der Waals surface area contributed by atoms with Crippen LogP contribution in [0, 0.1) is 0 Å². The summed E-state index contributed by atoms with van der Waals surface area (Å²) in [5, 5.41) is 3.00. The molecular formula is C31H31Cl2N5O5. The lowest BCUT2D eigenvalue weighted by Gasteiger charge is -2.35. The zero-order valence-electron chi connectivity index (χ0n) is 24.1. The molecule has 12 heteroatoms. The van der Waals surface area contributed by atoms with Crippen molar-refractivity contribution in [3.8, 4) is 11.5 Å². The molecule has 0 aliphatic carbocycles. The molecule has 1 amide bonds. The van der Waals surface area contributed by atoms with Crippen molar-refractivity contribution in [2.75, 3.05) is 57.2 Å². The molecule has 0 saturated carbocycles. The summed E-state index contributed by atoms with van der Waals surface area (Å²) >= 11 is 12.9. The minimum absolute atomic E-state index is 0.00873. The van der Waals surface area contributed by atoms with Gasteiger partial charge in [-0.2, -0.15) is 0 Å². The van der Waals surface area contributed by atoms with E-state index in [1.807, 2.05) is 18.2 Å². The third-order valence-electron chi connectivity index (χ3n) is 7.41. The highest BCUT2D eigenvalue weighted by molar-refractivity contribution is 6.42. The van der Waals surface area contributed by atoms with Crippen molar-refractivity contribution < 1.29 is 23.5 Å². The van der Waals surface area contributed by atoms with Crippen LogP contribution >= 0.6 is 23.2 Å². The van der Waals surface area contributed by atoms with E-state index in [2.05, 4.69) is 38.6 Å². The third kappa shape index (κ3) is 6.31. The van der Waals surface area contributed by atoms with E-state index in [-0.39, 0.29) is 38.8 Å². The molecule has 0 spiro atoms. The van der Waals surface area contributed by atoms with Gasteiger partial charge in [-0.1, -0.05) is 42.8 Å². The molecule has 2 aromatic heterocycles. The predicted molar refractivity (Wildman–Crippen MR) is 167 cm³/mol. The smallest absolute Gasteiger partial charge is 0.247 e. The number of fused-ring (bicyclic) bond motifs is 1. The van der Waals surface area contributed by atoms with Gasteiger partial charge >= 0.3 is 0 Å². The van der Waals surface area contributed by atoms with Gasteiger partial charge in [-0.3, -0.25) is 9.59 Å². The zero-order valence-corrected chi connectivity index (χ0v) is 25.6. The lowest BCUT2D eigenvalue weighted by molar-refractivity contribution is -0.111. The Kier molecular flexibility index (Phi) is 9.19. The van der Waals surface area contributed by atoms with Crippen LogP contribution in [0.3, 0.4) is 0 Å². The average molecular weight is 625 g/mol. The number of aromatic nitrogens is 2. The molecule has 10 nitrogen and oxygen atoms in total. The maximum atomic E-state index is 13.5. The fourth-order valence-corrected chi connectivity index (χ4v) is 5.66. The molecule has 4 aromatic rings. The summed E-state index contributed by atoms with van der Waals surface area (Å²) in [4.78, 5) is 39.5. The number of amides is 1. The Balaban J connectivity index is 1.43. The number of methoxy groups -OCH3 is 2. The Morgan fingerprint density at radius 1 is 1.07 bits per heavy atom. The van der Waals surface area contributed by atoms with Gasteiger partial charge in [0.1, 0.15) is 22.8 Å². The molecule has 1 aliphatic heterocycles. The Morgan fingerprint density at radius 3 is 2.40 bits per heavy atom. The third-order valence-corrected chi connectivity index (χ3v) is 8.17. The molecule has 3 heterocycles. The van der Waals surface area contributed by atoms with E-state index in [0.717, 1.165) is 44.0 Å². The molecule has 43 heavy (non-hydrogen) atoms. The number of likely N-dealkylation sites (N-methyl/N-ethyl adjacent to an activating group) is 1. The number of ether oxygens (including phenoxy) is 2. The monoisotopic (exact) mass is 623 g/mol. The number of hydrogen-bond acceptors (Lipinski definition) is 9. The molecule has 5 rings (SSSR count). The van der Waals surface area contributed by atoms with Crippen LogP contribution in [0.25, 0.3) is 11.1 Å². The number of rotatable bonds is 10. The molecule has 0 unspecified atom stereocenters. The number of hydrogen-bond donors (Lipinski definition) is 1. The van der Waals surface area contributed by atoms with Gasteiger partial charge in [0.05, 0.1) is 36.0 Å². The number of benzene rings is 2. The first-order valence-corrected chi connectivity index (χ1v) is 14.5. The van der Waals surface area contributed by atoms with Crippen LogP contribution in [0.1, 0.15) is 34.4 Å². The molecule has 224 valence electrons. The number of nitrogens with zero attached hydrogens (tertiary/aromatic N) is 4. The number of nitrogens with one attached hydrogen (secondary N) is 1. The van der Waals surface area contributed by atoms with Gasteiger partial charge in [0.2, 0.25) is 11.7 Å². The quantitative estimate of drug-likeness (QED) is 0.177. The van der Waals surface area contributed by atoms with Crippen molar-refractivity contribution >= 4 is 57.4 Å². The maximum Gasteiger partial charge on any atom is 0.247 e. The van der Waals surface area contributed by atoms with Gasteiger partial charge in [-0.05, 0) is 30.3 Å². The first-order chi connectivity index (χ1) is 20.8. The van der Waals surface area contributed by atoms with Crippen molar-refractivity contribution in [3.63, 3.8) is 0 Å². The summed E-state index contributed by atoms with van der Waals surface area (Å²) in [5.74, 6) is 0.0551. The lowest BCUT2D eigenvalue weighted by Crippen LogP contribution is -2.46. The van der Waals surface area contributed by atoms with Gasteiger partial charge in [0.15, 0.2) is 11.3 Å². The number of anilines is 2. The summed E-state index contributed by atoms with van der Waals surface area (Å²) in [5.41, 5.74) is 3.24. The second-order valence-corrected chi connectivity index (χ2v) is 10.6. The van der Waals surface area contributed by atoms with E-state index in [9.17, 15) is 9.59 Å². The van der Waals surface area contributed by atoms with Gasteiger partial charge in [-0.15, -0.1) is 0 Å². The Bertz CT molecular complexity index is 1670. The number of carbonyl (C=O) groups excluding carboxylic acids is 2. The Morgan fingerprint density at radius 2 is 1.77 bits per heavy atom. The van der Waals surface area contributed by atoms with Crippen LogP contribution in [-0.2, 0) is 11.2 Å². The SMILES string of the molecule is C=CC(=O)Nc1cc(N2CCN(CC)CC2)ccc1Cc1ncc2oc(C(=O)c3c(Cl)c(OC)cc(OC)c3Cl)cc2n1. The minimum atomic E-state index is -0.559. The number of piperazine rings is 1.